The molecule has 2 aromatic rings. The van der Waals surface area contributed by atoms with Crippen molar-refractivity contribution in [3.05, 3.63) is 39.7 Å². The van der Waals surface area contributed by atoms with Crippen LogP contribution >= 0.6 is 11.3 Å². The molecule has 0 aliphatic heterocycles. The summed E-state index contributed by atoms with van der Waals surface area (Å²) in [7, 11) is 2.11. The molecule has 1 N–H and O–H groups in total. The lowest BCUT2D eigenvalue weighted by atomic mass is 10.2. The summed E-state index contributed by atoms with van der Waals surface area (Å²) in [4.78, 5) is 6.57. The predicted molar refractivity (Wildman–Crippen MR) is 82.7 cm³/mol. The Bertz CT molecular complexity index is 519. The number of aromatic nitrogens is 1. The molecule has 2 aromatic heterocycles. The van der Waals surface area contributed by atoms with Gasteiger partial charge in [-0.25, -0.2) is 4.98 Å². The van der Waals surface area contributed by atoms with Gasteiger partial charge in [-0.05, 0) is 20.0 Å². The van der Waals surface area contributed by atoms with Crippen LogP contribution in [-0.2, 0) is 19.6 Å². The second kappa shape index (κ2) is 7.02. The van der Waals surface area contributed by atoms with E-state index in [2.05, 4.69) is 47.5 Å². The number of rotatable bonds is 7. The second-order valence-corrected chi connectivity index (χ2v) is 6.20. The van der Waals surface area contributed by atoms with Crippen molar-refractivity contribution in [2.75, 3.05) is 7.05 Å². The van der Waals surface area contributed by atoms with E-state index in [-0.39, 0.29) is 0 Å². The van der Waals surface area contributed by atoms with Gasteiger partial charge in [-0.2, -0.15) is 0 Å². The van der Waals surface area contributed by atoms with Gasteiger partial charge in [-0.3, -0.25) is 4.90 Å². The summed E-state index contributed by atoms with van der Waals surface area (Å²) >= 11 is 1.64. The Labute approximate surface area is 124 Å². The third-order valence-electron chi connectivity index (χ3n) is 3.11. The fourth-order valence-electron chi connectivity index (χ4n) is 2.08. The minimum Gasteiger partial charge on any atom is -0.465 e. The normalized spacial score (nSPS) is 11.7. The molecule has 2 rings (SSSR count). The van der Waals surface area contributed by atoms with E-state index in [1.54, 1.807) is 11.3 Å². The molecule has 0 amide bonds. The topological polar surface area (TPSA) is 41.3 Å². The van der Waals surface area contributed by atoms with E-state index >= 15 is 0 Å². The maximum Gasteiger partial charge on any atom is 0.118 e. The number of thiazole rings is 1. The molecule has 5 heteroatoms. The van der Waals surface area contributed by atoms with Crippen LogP contribution in [0, 0.1) is 6.92 Å². The molecule has 0 saturated heterocycles. The standard InChI is InChI=1S/C15H23N3OS/c1-11(2)16-6-15-5-13(12(3)19-15)7-18(4)8-14-9-20-10-17-14/h5,9-11,16H,6-8H2,1-4H3. The zero-order chi connectivity index (χ0) is 14.5. The van der Waals surface area contributed by atoms with Crippen LogP contribution in [0.4, 0.5) is 0 Å². The van der Waals surface area contributed by atoms with Gasteiger partial charge in [0.15, 0.2) is 0 Å². The molecular formula is C15H23N3OS. The van der Waals surface area contributed by atoms with Gasteiger partial charge >= 0.3 is 0 Å². The van der Waals surface area contributed by atoms with Crippen molar-refractivity contribution in [1.82, 2.24) is 15.2 Å². The van der Waals surface area contributed by atoms with E-state index in [9.17, 15) is 0 Å². The Morgan fingerprint density at radius 3 is 2.85 bits per heavy atom. The number of nitrogens with one attached hydrogen (secondary N) is 1. The molecule has 0 aliphatic rings. The minimum absolute atomic E-state index is 0.469. The molecule has 0 bridgehead atoms. The number of hydrogen-bond acceptors (Lipinski definition) is 5. The van der Waals surface area contributed by atoms with Crippen LogP contribution < -0.4 is 5.32 Å². The van der Waals surface area contributed by atoms with Crippen molar-refractivity contribution in [3.8, 4) is 0 Å². The molecule has 20 heavy (non-hydrogen) atoms. The van der Waals surface area contributed by atoms with Crippen molar-refractivity contribution in [2.45, 2.75) is 46.4 Å². The molecule has 0 atom stereocenters. The Morgan fingerprint density at radius 2 is 2.20 bits per heavy atom. The molecule has 4 nitrogen and oxygen atoms in total. The molecule has 0 aliphatic carbocycles. The quantitative estimate of drug-likeness (QED) is 0.851. The smallest absolute Gasteiger partial charge is 0.118 e. The van der Waals surface area contributed by atoms with E-state index in [0.29, 0.717) is 6.04 Å². The van der Waals surface area contributed by atoms with Crippen LogP contribution in [-0.4, -0.2) is 23.0 Å². The lowest BCUT2D eigenvalue weighted by molar-refractivity contribution is 0.313. The zero-order valence-electron chi connectivity index (χ0n) is 12.6. The first kappa shape index (κ1) is 15.2. The largest absolute Gasteiger partial charge is 0.465 e. The van der Waals surface area contributed by atoms with Crippen LogP contribution in [0.3, 0.4) is 0 Å². The summed E-state index contributed by atoms with van der Waals surface area (Å²) in [6.45, 7) is 8.85. The van der Waals surface area contributed by atoms with Gasteiger partial charge in [-0.15, -0.1) is 11.3 Å². The highest BCUT2D eigenvalue weighted by molar-refractivity contribution is 7.07. The lowest BCUT2D eigenvalue weighted by Crippen LogP contribution is -2.21. The summed E-state index contributed by atoms with van der Waals surface area (Å²) < 4.78 is 5.80. The van der Waals surface area contributed by atoms with Crippen LogP contribution in [0.5, 0.6) is 0 Å². The first-order chi connectivity index (χ1) is 9.54. The number of nitrogens with zero attached hydrogens (tertiary/aromatic N) is 2. The van der Waals surface area contributed by atoms with Gasteiger partial charge in [0.05, 0.1) is 17.7 Å². The monoisotopic (exact) mass is 293 g/mol. The summed E-state index contributed by atoms with van der Waals surface area (Å²) in [5.74, 6) is 2.02. The predicted octanol–water partition coefficient (Wildman–Crippen LogP) is 3.17. The third-order valence-corrected chi connectivity index (χ3v) is 3.75. The summed E-state index contributed by atoms with van der Waals surface area (Å²) in [6, 6.07) is 2.62. The summed E-state index contributed by atoms with van der Waals surface area (Å²) in [5.41, 5.74) is 4.26. The zero-order valence-corrected chi connectivity index (χ0v) is 13.5. The minimum atomic E-state index is 0.469. The lowest BCUT2D eigenvalue weighted by Gasteiger charge is -2.14. The summed E-state index contributed by atoms with van der Waals surface area (Å²) in [5, 5.41) is 5.47. The molecule has 0 fully saturated rings. The van der Waals surface area contributed by atoms with Crippen LogP contribution in [0.2, 0.25) is 0 Å². The van der Waals surface area contributed by atoms with Gasteiger partial charge < -0.3 is 9.73 Å². The number of aryl methyl sites for hydroxylation is 1. The molecule has 0 radical (unpaired) electrons. The van der Waals surface area contributed by atoms with E-state index in [4.69, 9.17) is 4.42 Å². The third kappa shape index (κ3) is 4.44. The fourth-order valence-corrected chi connectivity index (χ4v) is 2.62. The van der Waals surface area contributed by atoms with Crippen LogP contribution in [0.25, 0.3) is 0 Å². The molecule has 0 saturated carbocycles. The number of furan rings is 1. The maximum atomic E-state index is 5.80. The van der Waals surface area contributed by atoms with Gasteiger partial charge in [0, 0.05) is 30.1 Å². The molecule has 0 spiro atoms. The second-order valence-electron chi connectivity index (χ2n) is 5.48. The maximum absolute atomic E-state index is 5.80. The van der Waals surface area contributed by atoms with Gasteiger partial charge in [-0.1, -0.05) is 13.8 Å². The van der Waals surface area contributed by atoms with Crippen molar-refractivity contribution in [3.63, 3.8) is 0 Å². The molecule has 110 valence electrons. The van der Waals surface area contributed by atoms with Gasteiger partial charge in [0.25, 0.3) is 0 Å². The van der Waals surface area contributed by atoms with E-state index in [1.165, 1.54) is 5.56 Å². The average Bonchev–Trinajstić information content (AvgIpc) is 2.98. The SMILES string of the molecule is Cc1oc(CNC(C)C)cc1CN(C)Cc1cscn1. The molecule has 0 aromatic carbocycles. The van der Waals surface area contributed by atoms with Crippen molar-refractivity contribution in [1.29, 1.82) is 0 Å². The first-order valence-corrected chi connectivity index (χ1v) is 7.86. The van der Waals surface area contributed by atoms with E-state index < -0.39 is 0 Å². The van der Waals surface area contributed by atoms with Crippen molar-refractivity contribution in [2.24, 2.45) is 0 Å². The first-order valence-electron chi connectivity index (χ1n) is 6.91. The Morgan fingerprint density at radius 1 is 1.40 bits per heavy atom. The molecular weight excluding hydrogens is 270 g/mol. The highest BCUT2D eigenvalue weighted by Gasteiger charge is 2.11. The van der Waals surface area contributed by atoms with Gasteiger partial charge in [0.1, 0.15) is 11.5 Å². The van der Waals surface area contributed by atoms with Crippen molar-refractivity contribution < 1.29 is 4.42 Å². The van der Waals surface area contributed by atoms with Gasteiger partial charge in [0.2, 0.25) is 0 Å². The van der Waals surface area contributed by atoms with Crippen LogP contribution in [0.1, 0.15) is 36.6 Å². The highest BCUT2D eigenvalue weighted by Crippen LogP contribution is 2.17. The summed E-state index contributed by atoms with van der Waals surface area (Å²) in [6.07, 6.45) is 0. The van der Waals surface area contributed by atoms with E-state index in [0.717, 1.165) is 36.8 Å². The molecule has 0 unspecified atom stereocenters. The fraction of sp³-hybridized carbons (Fsp3) is 0.533. The Balaban J connectivity index is 1.91. The van der Waals surface area contributed by atoms with Crippen LogP contribution in [0.15, 0.2) is 21.4 Å². The van der Waals surface area contributed by atoms with E-state index in [1.807, 2.05) is 12.4 Å². The Kier molecular flexibility index (Phi) is 5.34. The Hall–Kier alpha value is -1.17. The van der Waals surface area contributed by atoms with Crippen molar-refractivity contribution >= 4 is 11.3 Å². The number of hydrogen-bond donors (Lipinski definition) is 1. The highest BCUT2D eigenvalue weighted by atomic mass is 32.1. The average molecular weight is 293 g/mol. The molecule has 2 heterocycles.